The van der Waals surface area contributed by atoms with Crippen LogP contribution in [0, 0.1) is 0 Å². The molecule has 2 nitrogen and oxygen atoms in total. The van der Waals surface area contributed by atoms with Crippen molar-refractivity contribution in [2.24, 2.45) is 0 Å². The van der Waals surface area contributed by atoms with Crippen LogP contribution in [0.25, 0.3) is 0 Å². The standard InChI is InChI=1S/C6H7F3N2/c1-2-11-5(3-4-10-11)6(7,8)9/h3-4H,2H2,1H3. The minimum atomic E-state index is -4.29. The molecular formula is C6H7F3N2. The summed E-state index contributed by atoms with van der Waals surface area (Å²) in [6, 6.07) is 0.962. The van der Waals surface area contributed by atoms with E-state index in [-0.39, 0.29) is 6.54 Å². The lowest BCUT2D eigenvalue weighted by Crippen LogP contribution is -2.13. The molecule has 62 valence electrons. The summed E-state index contributed by atoms with van der Waals surface area (Å²) in [4.78, 5) is 0. The van der Waals surface area contributed by atoms with Gasteiger partial charge in [-0.05, 0) is 13.0 Å². The van der Waals surface area contributed by atoms with Crippen molar-refractivity contribution in [3.05, 3.63) is 18.0 Å². The SMILES string of the molecule is CCn1nccc1C(F)(F)F. The number of halogens is 3. The number of aromatic nitrogens is 2. The molecule has 0 N–H and O–H groups in total. The number of rotatable bonds is 1. The van der Waals surface area contributed by atoms with E-state index in [1.54, 1.807) is 6.92 Å². The first-order valence-corrected chi connectivity index (χ1v) is 3.14. The van der Waals surface area contributed by atoms with E-state index in [1.807, 2.05) is 0 Å². The first kappa shape index (κ1) is 8.10. The van der Waals surface area contributed by atoms with Crippen molar-refractivity contribution >= 4 is 0 Å². The van der Waals surface area contributed by atoms with Gasteiger partial charge < -0.3 is 0 Å². The lowest BCUT2D eigenvalue weighted by Gasteiger charge is -2.07. The molecule has 0 aromatic carbocycles. The Morgan fingerprint density at radius 1 is 1.55 bits per heavy atom. The number of hydrogen-bond acceptors (Lipinski definition) is 1. The maximum absolute atomic E-state index is 12.0. The van der Waals surface area contributed by atoms with Gasteiger partial charge in [-0.3, -0.25) is 4.68 Å². The minimum Gasteiger partial charge on any atom is -0.261 e. The summed E-state index contributed by atoms with van der Waals surface area (Å²) < 4.78 is 36.9. The van der Waals surface area contributed by atoms with Crippen LogP contribution in [0.1, 0.15) is 12.6 Å². The molecular weight excluding hydrogens is 157 g/mol. The van der Waals surface area contributed by atoms with Gasteiger partial charge in [0, 0.05) is 12.7 Å². The number of nitrogens with zero attached hydrogens (tertiary/aromatic N) is 2. The zero-order chi connectivity index (χ0) is 8.48. The molecule has 0 aliphatic heterocycles. The monoisotopic (exact) mass is 164 g/mol. The maximum atomic E-state index is 12.0. The highest BCUT2D eigenvalue weighted by Crippen LogP contribution is 2.28. The van der Waals surface area contributed by atoms with Crippen LogP contribution in [-0.4, -0.2) is 9.78 Å². The Morgan fingerprint density at radius 2 is 2.18 bits per heavy atom. The highest BCUT2D eigenvalue weighted by atomic mass is 19.4. The molecule has 0 spiro atoms. The topological polar surface area (TPSA) is 17.8 Å². The molecule has 0 saturated carbocycles. The molecule has 11 heavy (non-hydrogen) atoms. The molecule has 1 rings (SSSR count). The highest BCUT2D eigenvalue weighted by molar-refractivity contribution is 5.04. The van der Waals surface area contributed by atoms with Gasteiger partial charge in [0.15, 0.2) is 0 Å². The second-order valence-corrected chi connectivity index (χ2v) is 2.03. The smallest absolute Gasteiger partial charge is 0.261 e. The molecule has 0 saturated heterocycles. The molecule has 1 aromatic heterocycles. The second kappa shape index (κ2) is 2.56. The quantitative estimate of drug-likeness (QED) is 0.620. The van der Waals surface area contributed by atoms with Gasteiger partial charge in [0.1, 0.15) is 5.69 Å². The van der Waals surface area contributed by atoms with Crippen molar-refractivity contribution < 1.29 is 13.2 Å². The van der Waals surface area contributed by atoms with E-state index in [1.165, 1.54) is 0 Å². The van der Waals surface area contributed by atoms with E-state index >= 15 is 0 Å². The summed E-state index contributed by atoms with van der Waals surface area (Å²) >= 11 is 0. The molecule has 0 amide bonds. The Morgan fingerprint density at radius 3 is 2.55 bits per heavy atom. The molecule has 0 aliphatic carbocycles. The average molecular weight is 164 g/mol. The summed E-state index contributed by atoms with van der Waals surface area (Å²) in [5.41, 5.74) is -0.694. The van der Waals surface area contributed by atoms with Crippen molar-refractivity contribution in [2.75, 3.05) is 0 Å². The van der Waals surface area contributed by atoms with Crippen LogP contribution in [0.4, 0.5) is 13.2 Å². The van der Waals surface area contributed by atoms with Crippen LogP contribution in [0.15, 0.2) is 12.3 Å². The molecule has 0 fully saturated rings. The van der Waals surface area contributed by atoms with Gasteiger partial charge >= 0.3 is 6.18 Å². The van der Waals surface area contributed by atoms with E-state index < -0.39 is 11.9 Å². The van der Waals surface area contributed by atoms with Gasteiger partial charge in [0.2, 0.25) is 0 Å². The number of alkyl halides is 3. The Labute approximate surface area is 61.6 Å². The lowest BCUT2D eigenvalue weighted by atomic mass is 10.4. The van der Waals surface area contributed by atoms with Crippen molar-refractivity contribution in [1.29, 1.82) is 0 Å². The van der Waals surface area contributed by atoms with E-state index in [0.29, 0.717) is 0 Å². The molecule has 1 heterocycles. The van der Waals surface area contributed by atoms with Crippen molar-refractivity contribution in [2.45, 2.75) is 19.6 Å². The van der Waals surface area contributed by atoms with Gasteiger partial charge in [0.25, 0.3) is 0 Å². The van der Waals surface area contributed by atoms with Crippen LogP contribution < -0.4 is 0 Å². The van der Waals surface area contributed by atoms with Crippen LogP contribution in [0.2, 0.25) is 0 Å². The Bertz CT molecular complexity index is 238. The molecule has 5 heteroatoms. The Balaban J connectivity index is 3.02. The van der Waals surface area contributed by atoms with Gasteiger partial charge in [-0.1, -0.05) is 0 Å². The third-order valence-corrected chi connectivity index (χ3v) is 1.31. The molecule has 0 atom stereocenters. The van der Waals surface area contributed by atoms with Crippen LogP contribution >= 0.6 is 0 Å². The highest BCUT2D eigenvalue weighted by Gasteiger charge is 2.34. The minimum absolute atomic E-state index is 0.238. The third-order valence-electron chi connectivity index (χ3n) is 1.31. The van der Waals surface area contributed by atoms with Gasteiger partial charge in [-0.2, -0.15) is 18.3 Å². The van der Waals surface area contributed by atoms with E-state index in [2.05, 4.69) is 5.10 Å². The molecule has 0 radical (unpaired) electrons. The lowest BCUT2D eigenvalue weighted by molar-refractivity contribution is -0.144. The predicted molar refractivity (Wildman–Crippen MR) is 32.9 cm³/mol. The fourth-order valence-corrected chi connectivity index (χ4v) is 0.825. The first-order valence-electron chi connectivity index (χ1n) is 3.14. The van der Waals surface area contributed by atoms with Gasteiger partial charge in [0.05, 0.1) is 0 Å². The number of aryl methyl sites for hydroxylation is 1. The normalized spacial score (nSPS) is 12.0. The molecule has 0 unspecified atom stereocenters. The summed E-state index contributed by atoms with van der Waals surface area (Å²) in [5, 5.41) is 3.50. The predicted octanol–water partition coefficient (Wildman–Crippen LogP) is 1.92. The van der Waals surface area contributed by atoms with Crippen LogP contribution in [0.3, 0.4) is 0 Å². The third kappa shape index (κ3) is 1.53. The summed E-state index contributed by atoms with van der Waals surface area (Å²) in [6.45, 7) is 1.85. The van der Waals surface area contributed by atoms with E-state index in [0.717, 1.165) is 16.9 Å². The first-order chi connectivity index (χ1) is 5.05. The van der Waals surface area contributed by atoms with Crippen molar-refractivity contribution in [3.63, 3.8) is 0 Å². The Kier molecular flexibility index (Phi) is 1.89. The van der Waals surface area contributed by atoms with Crippen LogP contribution in [0.5, 0.6) is 0 Å². The average Bonchev–Trinajstić information content (AvgIpc) is 2.31. The van der Waals surface area contributed by atoms with E-state index in [9.17, 15) is 13.2 Å². The van der Waals surface area contributed by atoms with Crippen molar-refractivity contribution in [3.8, 4) is 0 Å². The van der Waals surface area contributed by atoms with Gasteiger partial charge in [-0.25, -0.2) is 0 Å². The molecule has 0 bridgehead atoms. The summed E-state index contributed by atoms with van der Waals surface area (Å²) in [5.74, 6) is 0. The van der Waals surface area contributed by atoms with E-state index in [4.69, 9.17) is 0 Å². The zero-order valence-corrected chi connectivity index (χ0v) is 5.89. The summed E-state index contributed by atoms with van der Waals surface area (Å²) in [6.07, 6.45) is -3.14. The molecule has 1 aromatic rings. The van der Waals surface area contributed by atoms with Gasteiger partial charge in [-0.15, -0.1) is 0 Å². The molecule has 0 aliphatic rings. The fourth-order valence-electron chi connectivity index (χ4n) is 0.825. The Hall–Kier alpha value is -1.00. The largest absolute Gasteiger partial charge is 0.433 e. The zero-order valence-electron chi connectivity index (χ0n) is 5.89. The van der Waals surface area contributed by atoms with Crippen LogP contribution in [-0.2, 0) is 12.7 Å². The fraction of sp³-hybridized carbons (Fsp3) is 0.500. The second-order valence-electron chi connectivity index (χ2n) is 2.03. The maximum Gasteiger partial charge on any atom is 0.433 e. The summed E-state index contributed by atoms with van der Waals surface area (Å²) in [7, 11) is 0. The van der Waals surface area contributed by atoms with Crippen molar-refractivity contribution in [1.82, 2.24) is 9.78 Å². The number of hydrogen-bond donors (Lipinski definition) is 0.